The Morgan fingerprint density at radius 2 is 2.12 bits per heavy atom. The van der Waals surface area contributed by atoms with Crippen molar-refractivity contribution in [2.75, 3.05) is 18.4 Å². The zero-order chi connectivity index (χ0) is 13.1. The molecule has 1 heterocycles. The highest BCUT2D eigenvalue weighted by molar-refractivity contribution is 9.09. The summed E-state index contributed by atoms with van der Waals surface area (Å²) in [7, 11) is 0. The molecule has 0 bridgehead atoms. The molecule has 1 fully saturated rings. The number of halogens is 1. The fraction of sp³-hybridized carbons (Fsp3) is 0.833. The number of nitriles is 1. The molecule has 1 saturated heterocycles. The first-order chi connectivity index (χ1) is 7.82. The third-order valence-corrected chi connectivity index (χ3v) is 3.23. The Balaban J connectivity index is 2.44. The van der Waals surface area contributed by atoms with E-state index in [1.165, 1.54) is 0 Å². The summed E-state index contributed by atoms with van der Waals surface area (Å²) < 4.78 is 5.25. The highest BCUT2D eigenvalue weighted by Crippen LogP contribution is 2.35. The zero-order valence-electron chi connectivity index (χ0n) is 10.6. The second kappa shape index (κ2) is 5.26. The lowest BCUT2D eigenvalue weighted by Crippen LogP contribution is -2.58. The van der Waals surface area contributed by atoms with Crippen LogP contribution in [0, 0.1) is 16.7 Å². The van der Waals surface area contributed by atoms with Gasteiger partial charge in [0.05, 0.1) is 11.5 Å². The van der Waals surface area contributed by atoms with Gasteiger partial charge in [-0.05, 0) is 33.6 Å². The number of likely N-dealkylation sites (tertiary alicyclic amines) is 1. The minimum absolute atomic E-state index is 0.317. The van der Waals surface area contributed by atoms with Crippen molar-refractivity contribution in [3.63, 3.8) is 0 Å². The molecular weight excluding hydrogens is 284 g/mol. The van der Waals surface area contributed by atoms with Crippen molar-refractivity contribution in [1.29, 1.82) is 5.26 Å². The van der Waals surface area contributed by atoms with Gasteiger partial charge in [0.2, 0.25) is 0 Å². The molecule has 0 saturated carbocycles. The average molecular weight is 303 g/mol. The van der Waals surface area contributed by atoms with Gasteiger partial charge >= 0.3 is 6.09 Å². The molecule has 1 rings (SSSR count). The summed E-state index contributed by atoms with van der Waals surface area (Å²) in [5.41, 5.74) is -0.831. The van der Waals surface area contributed by atoms with Gasteiger partial charge in [-0.25, -0.2) is 4.79 Å². The van der Waals surface area contributed by atoms with Crippen molar-refractivity contribution in [3.05, 3.63) is 0 Å². The van der Waals surface area contributed by atoms with E-state index >= 15 is 0 Å². The zero-order valence-corrected chi connectivity index (χ0v) is 12.2. The lowest BCUT2D eigenvalue weighted by Gasteiger charge is -2.45. The summed E-state index contributed by atoms with van der Waals surface area (Å²) in [6.45, 7) is 6.50. The van der Waals surface area contributed by atoms with Crippen molar-refractivity contribution in [2.24, 2.45) is 5.41 Å². The molecule has 96 valence electrons. The number of rotatable bonds is 3. The largest absolute Gasteiger partial charge is 0.444 e. The number of hydrogen-bond acceptors (Lipinski definition) is 3. The van der Waals surface area contributed by atoms with E-state index in [1.54, 1.807) is 4.90 Å². The molecule has 1 aliphatic rings. The topological polar surface area (TPSA) is 53.3 Å². The van der Waals surface area contributed by atoms with E-state index in [2.05, 4.69) is 22.0 Å². The smallest absolute Gasteiger partial charge is 0.410 e. The van der Waals surface area contributed by atoms with Crippen LogP contribution in [0.2, 0.25) is 0 Å². The van der Waals surface area contributed by atoms with Crippen molar-refractivity contribution in [1.82, 2.24) is 4.90 Å². The summed E-state index contributed by atoms with van der Waals surface area (Å²) in [4.78, 5) is 13.3. The molecule has 5 heteroatoms. The van der Waals surface area contributed by atoms with Crippen LogP contribution in [0.4, 0.5) is 4.79 Å². The molecular formula is C12H19BrN2O2. The van der Waals surface area contributed by atoms with Crippen molar-refractivity contribution in [2.45, 2.75) is 39.2 Å². The van der Waals surface area contributed by atoms with Gasteiger partial charge in [-0.15, -0.1) is 0 Å². The summed E-state index contributed by atoms with van der Waals surface area (Å²) in [6, 6.07) is 2.33. The molecule has 1 aliphatic heterocycles. The maximum absolute atomic E-state index is 11.7. The average Bonchev–Trinajstić information content (AvgIpc) is 2.14. The molecule has 0 aliphatic carbocycles. The van der Waals surface area contributed by atoms with Gasteiger partial charge in [-0.3, -0.25) is 0 Å². The number of hydrogen-bond donors (Lipinski definition) is 0. The van der Waals surface area contributed by atoms with Gasteiger partial charge in [0.15, 0.2) is 0 Å². The second-order valence-electron chi connectivity index (χ2n) is 5.52. The van der Waals surface area contributed by atoms with E-state index in [1.807, 2.05) is 20.8 Å². The number of carbonyl (C=O) groups excluding carboxylic acids is 1. The van der Waals surface area contributed by atoms with Crippen LogP contribution in [0.25, 0.3) is 0 Å². The third-order valence-electron chi connectivity index (χ3n) is 2.66. The van der Waals surface area contributed by atoms with Gasteiger partial charge in [-0.2, -0.15) is 5.26 Å². The Labute approximate surface area is 111 Å². The molecule has 0 N–H and O–H groups in total. The van der Waals surface area contributed by atoms with Gasteiger partial charge in [0, 0.05) is 18.4 Å². The quantitative estimate of drug-likeness (QED) is 0.753. The van der Waals surface area contributed by atoms with Gasteiger partial charge < -0.3 is 9.64 Å². The first-order valence-electron chi connectivity index (χ1n) is 5.77. The number of carbonyl (C=O) groups is 1. The van der Waals surface area contributed by atoms with Crippen molar-refractivity contribution in [3.8, 4) is 6.07 Å². The third kappa shape index (κ3) is 3.88. The molecule has 0 aromatic carbocycles. The van der Waals surface area contributed by atoms with Gasteiger partial charge in [0.1, 0.15) is 5.60 Å². The molecule has 0 aromatic rings. The molecule has 0 unspecified atom stereocenters. The summed E-state index contributed by atoms with van der Waals surface area (Å²) in [6.07, 6.45) is 1.46. The van der Waals surface area contributed by atoms with Crippen LogP contribution < -0.4 is 0 Å². The second-order valence-corrected chi connectivity index (χ2v) is 6.31. The lowest BCUT2D eigenvalue weighted by atomic mass is 9.78. The fourth-order valence-electron chi connectivity index (χ4n) is 1.83. The number of nitrogens with zero attached hydrogens (tertiary/aromatic N) is 2. The SMILES string of the molecule is CC(C)(C)OC(=O)N1CC(C#N)(CCCBr)C1. The van der Waals surface area contributed by atoms with Crippen molar-refractivity contribution < 1.29 is 9.53 Å². The number of alkyl halides is 1. The Morgan fingerprint density at radius 3 is 2.53 bits per heavy atom. The maximum Gasteiger partial charge on any atom is 0.410 e. The standard InChI is InChI=1S/C12H19BrN2O2/c1-11(2,3)17-10(16)15-8-12(7-14,9-15)5-4-6-13/h4-6,8-9H2,1-3H3. The molecule has 0 atom stereocenters. The van der Waals surface area contributed by atoms with Crippen LogP contribution in [0.5, 0.6) is 0 Å². The van der Waals surface area contributed by atoms with E-state index in [4.69, 9.17) is 10.00 Å². The Kier molecular flexibility index (Phi) is 4.42. The molecule has 1 amide bonds. The monoisotopic (exact) mass is 302 g/mol. The van der Waals surface area contributed by atoms with Crippen LogP contribution in [-0.4, -0.2) is 35.0 Å². The van der Waals surface area contributed by atoms with Gasteiger partial charge in [-0.1, -0.05) is 15.9 Å². The van der Waals surface area contributed by atoms with Crippen LogP contribution in [0.1, 0.15) is 33.6 Å². The number of amides is 1. The van der Waals surface area contributed by atoms with E-state index in [9.17, 15) is 4.79 Å². The van der Waals surface area contributed by atoms with Crippen LogP contribution in [0.3, 0.4) is 0 Å². The predicted molar refractivity (Wildman–Crippen MR) is 68.9 cm³/mol. The Bertz CT molecular complexity index is 324. The van der Waals surface area contributed by atoms with Crippen LogP contribution >= 0.6 is 15.9 Å². The lowest BCUT2D eigenvalue weighted by molar-refractivity contribution is -0.0184. The summed E-state index contributed by atoms with van der Waals surface area (Å²) in [5.74, 6) is 0. The van der Waals surface area contributed by atoms with Gasteiger partial charge in [0.25, 0.3) is 0 Å². The van der Waals surface area contributed by atoms with Crippen molar-refractivity contribution >= 4 is 22.0 Å². The van der Waals surface area contributed by atoms with E-state index in [-0.39, 0.29) is 11.5 Å². The number of ether oxygens (including phenoxy) is 1. The molecule has 0 radical (unpaired) electrons. The summed E-state index contributed by atoms with van der Waals surface area (Å²) in [5, 5.41) is 10.0. The van der Waals surface area contributed by atoms with E-state index in [0.29, 0.717) is 13.1 Å². The molecule has 0 aromatic heterocycles. The highest BCUT2D eigenvalue weighted by atomic mass is 79.9. The minimum atomic E-state index is -0.474. The normalized spacial score (nSPS) is 18.2. The first kappa shape index (κ1) is 14.3. The van der Waals surface area contributed by atoms with Crippen LogP contribution in [0.15, 0.2) is 0 Å². The molecule has 17 heavy (non-hydrogen) atoms. The molecule has 0 spiro atoms. The predicted octanol–water partition coefficient (Wildman–Crippen LogP) is 2.92. The van der Waals surface area contributed by atoms with E-state index in [0.717, 1.165) is 18.2 Å². The molecule has 4 nitrogen and oxygen atoms in total. The maximum atomic E-state index is 11.7. The Hall–Kier alpha value is -0.760. The van der Waals surface area contributed by atoms with E-state index < -0.39 is 5.60 Å². The summed E-state index contributed by atoms with van der Waals surface area (Å²) >= 11 is 3.35. The fourth-order valence-corrected chi connectivity index (χ4v) is 2.11. The minimum Gasteiger partial charge on any atom is -0.444 e. The first-order valence-corrected chi connectivity index (χ1v) is 6.89. The Morgan fingerprint density at radius 1 is 1.53 bits per heavy atom. The highest BCUT2D eigenvalue weighted by Gasteiger charge is 2.46. The van der Waals surface area contributed by atoms with Crippen LogP contribution in [-0.2, 0) is 4.74 Å².